The van der Waals surface area contributed by atoms with Gasteiger partial charge in [-0.25, -0.2) is 0 Å². The molecule has 23 heavy (non-hydrogen) atoms. The number of nitrogens with one attached hydrogen (secondary N) is 2. The molecule has 1 heterocycles. The summed E-state index contributed by atoms with van der Waals surface area (Å²) in [5.74, 6) is -0.520. The highest BCUT2D eigenvalue weighted by atomic mass is 16.5. The molecule has 0 aromatic rings. The lowest BCUT2D eigenvalue weighted by Gasteiger charge is -2.34. The Kier molecular flexibility index (Phi) is 8.02. The summed E-state index contributed by atoms with van der Waals surface area (Å²) in [6, 6.07) is -0.554. The Balaban J connectivity index is 2.59. The normalized spacial score (nSPS) is 20.0. The van der Waals surface area contributed by atoms with E-state index in [1.165, 1.54) is 0 Å². The summed E-state index contributed by atoms with van der Waals surface area (Å²) in [6.07, 6.45) is 0.812. The van der Waals surface area contributed by atoms with Crippen molar-refractivity contribution in [2.24, 2.45) is 5.92 Å². The molecule has 0 aromatic carbocycles. The number of esters is 1. The highest BCUT2D eigenvalue weighted by Crippen LogP contribution is 2.10. The number of nitrogens with zero attached hydrogens (tertiary/aromatic N) is 1. The zero-order valence-electron chi connectivity index (χ0n) is 14.6. The fourth-order valence-corrected chi connectivity index (χ4v) is 2.26. The van der Waals surface area contributed by atoms with E-state index in [1.807, 2.05) is 27.7 Å². The van der Waals surface area contributed by atoms with Gasteiger partial charge in [-0.1, -0.05) is 20.8 Å². The molecule has 7 nitrogen and oxygen atoms in total. The second-order valence-corrected chi connectivity index (χ2v) is 6.44. The molecule has 7 heteroatoms. The van der Waals surface area contributed by atoms with Crippen molar-refractivity contribution in [3.63, 3.8) is 0 Å². The lowest BCUT2D eigenvalue weighted by Crippen LogP contribution is -2.58. The van der Waals surface area contributed by atoms with Gasteiger partial charge >= 0.3 is 5.97 Å². The zero-order chi connectivity index (χ0) is 17.4. The van der Waals surface area contributed by atoms with Crippen LogP contribution >= 0.6 is 0 Å². The molecule has 0 bridgehead atoms. The highest BCUT2D eigenvalue weighted by molar-refractivity contribution is 5.88. The van der Waals surface area contributed by atoms with Gasteiger partial charge in [0, 0.05) is 19.1 Å². The summed E-state index contributed by atoms with van der Waals surface area (Å²) in [7, 11) is 0. The average molecular weight is 327 g/mol. The van der Waals surface area contributed by atoms with Crippen LogP contribution in [0.2, 0.25) is 0 Å². The van der Waals surface area contributed by atoms with E-state index < -0.39 is 12.0 Å². The van der Waals surface area contributed by atoms with Crippen molar-refractivity contribution in [2.75, 3.05) is 26.2 Å². The van der Waals surface area contributed by atoms with Crippen LogP contribution < -0.4 is 10.6 Å². The van der Waals surface area contributed by atoms with Gasteiger partial charge in [0.15, 0.2) is 0 Å². The van der Waals surface area contributed by atoms with Crippen molar-refractivity contribution in [3.05, 3.63) is 0 Å². The van der Waals surface area contributed by atoms with Gasteiger partial charge in [0.1, 0.15) is 6.04 Å². The molecule has 1 aliphatic rings. The van der Waals surface area contributed by atoms with Crippen LogP contribution in [0.15, 0.2) is 0 Å². The second kappa shape index (κ2) is 9.50. The Labute approximate surface area is 138 Å². The van der Waals surface area contributed by atoms with Crippen LogP contribution in [0.1, 0.15) is 40.5 Å². The fourth-order valence-electron chi connectivity index (χ4n) is 2.26. The highest BCUT2D eigenvalue weighted by Gasteiger charge is 2.33. The van der Waals surface area contributed by atoms with Gasteiger partial charge in [-0.2, -0.15) is 0 Å². The van der Waals surface area contributed by atoms with Crippen molar-refractivity contribution in [1.82, 2.24) is 15.5 Å². The lowest BCUT2D eigenvalue weighted by atomic mass is 10.1. The van der Waals surface area contributed by atoms with Crippen LogP contribution in [0.4, 0.5) is 0 Å². The molecule has 0 aromatic heterocycles. The molecule has 0 radical (unpaired) electrons. The summed E-state index contributed by atoms with van der Waals surface area (Å²) in [5, 5.41) is 5.61. The van der Waals surface area contributed by atoms with Gasteiger partial charge in [0.25, 0.3) is 0 Å². The van der Waals surface area contributed by atoms with E-state index in [0.717, 1.165) is 6.42 Å². The van der Waals surface area contributed by atoms with Crippen LogP contribution in [0, 0.1) is 5.92 Å². The van der Waals surface area contributed by atoms with Crippen LogP contribution in [0.5, 0.6) is 0 Å². The molecule has 0 aliphatic carbocycles. The summed E-state index contributed by atoms with van der Waals surface area (Å²) >= 11 is 0. The van der Waals surface area contributed by atoms with Crippen molar-refractivity contribution in [3.8, 4) is 0 Å². The number of carbonyl (C=O) groups is 3. The molecule has 0 saturated carbocycles. The van der Waals surface area contributed by atoms with E-state index in [1.54, 1.807) is 4.90 Å². The van der Waals surface area contributed by atoms with Gasteiger partial charge < -0.3 is 15.4 Å². The van der Waals surface area contributed by atoms with E-state index in [2.05, 4.69) is 10.6 Å². The maximum absolute atomic E-state index is 12.0. The predicted octanol–water partition coefficient (Wildman–Crippen LogP) is 0.291. The number of ether oxygens (including phenoxy) is 1. The minimum Gasteiger partial charge on any atom is -0.465 e. The molecule has 1 rings (SSSR count). The summed E-state index contributed by atoms with van der Waals surface area (Å²) in [4.78, 5) is 37.7. The van der Waals surface area contributed by atoms with E-state index in [0.29, 0.717) is 19.7 Å². The minimum atomic E-state index is -0.647. The Hall–Kier alpha value is -1.63. The van der Waals surface area contributed by atoms with Crippen molar-refractivity contribution in [2.45, 2.75) is 52.6 Å². The number of rotatable bonds is 8. The average Bonchev–Trinajstić information content (AvgIpc) is 2.48. The van der Waals surface area contributed by atoms with E-state index in [9.17, 15) is 14.4 Å². The third-order valence-electron chi connectivity index (χ3n) is 3.75. The zero-order valence-corrected chi connectivity index (χ0v) is 14.6. The van der Waals surface area contributed by atoms with E-state index in [4.69, 9.17) is 4.74 Å². The number of piperazine rings is 1. The predicted molar refractivity (Wildman–Crippen MR) is 86.7 cm³/mol. The second-order valence-electron chi connectivity index (χ2n) is 6.44. The van der Waals surface area contributed by atoms with E-state index in [-0.39, 0.29) is 36.7 Å². The summed E-state index contributed by atoms with van der Waals surface area (Å²) < 4.78 is 5.14. The monoisotopic (exact) mass is 327 g/mol. The fraction of sp³-hybridized carbons (Fsp3) is 0.812. The first-order valence-corrected chi connectivity index (χ1v) is 8.30. The van der Waals surface area contributed by atoms with Crippen molar-refractivity contribution < 1.29 is 19.1 Å². The Bertz CT molecular complexity index is 426. The van der Waals surface area contributed by atoms with E-state index >= 15 is 0 Å². The van der Waals surface area contributed by atoms with Crippen molar-refractivity contribution in [1.29, 1.82) is 0 Å². The molecule has 1 fully saturated rings. The molecule has 2 N–H and O–H groups in total. The number of hydrogen-bond acceptors (Lipinski definition) is 5. The molecule has 1 saturated heterocycles. The first-order chi connectivity index (χ1) is 10.8. The molecular formula is C16H29N3O4. The summed E-state index contributed by atoms with van der Waals surface area (Å²) in [6.45, 7) is 9.29. The first kappa shape index (κ1) is 19.4. The van der Waals surface area contributed by atoms with Gasteiger partial charge in [0.05, 0.1) is 19.6 Å². The first-order valence-electron chi connectivity index (χ1n) is 8.30. The standard InChI is InChI=1S/C16H29N3O4/c1-5-12(4)18-14(20)9-19-7-6-17-16(22)13(19)8-15(21)23-10-11(2)3/h11-13H,5-10H2,1-4H3,(H,17,22)(H,18,20). The van der Waals surface area contributed by atoms with Crippen LogP contribution in [-0.2, 0) is 19.1 Å². The Morgan fingerprint density at radius 1 is 1.39 bits per heavy atom. The number of hydrogen-bond donors (Lipinski definition) is 2. The largest absolute Gasteiger partial charge is 0.465 e. The molecule has 1 aliphatic heterocycles. The molecular weight excluding hydrogens is 298 g/mol. The molecule has 2 atom stereocenters. The molecule has 2 unspecified atom stereocenters. The van der Waals surface area contributed by atoms with Crippen LogP contribution in [0.3, 0.4) is 0 Å². The maximum Gasteiger partial charge on any atom is 0.307 e. The Morgan fingerprint density at radius 3 is 2.70 bits per heavy atom. The third-order valence-corrected chi connectivity index (χ3v) is 3.75. The smallest absolute Gasteiger partial charge is 0.307 e. The Morgan fingerprint density at radius 2 is 2.09 bits per heavy atom. The summed E-state index contributed by atoms with van der Waals surface area (Å²) in [5.41, 5.74) is 0. The molecule has 2 amide bonds. The minimum absolute atomic E-state index is 0.0326. The number of amides is 2. The van der Waals surface area contributed by atoms with Crippen LogP contribution in [-0.4, -0.2) is 61.0 Å². The van der Waals surface area contributed by atoms with Gasteiger partial charge in [0.2, 0.25) is 11.8 Å². The van der Waals surface area contributed by atoms with Gasteiger partial charge in [-0.3, -0.25) is 19.3 Å². The quantitative estimate of drug-likeness (QED) is 0.626. The number of carbonyl (C=O) groups excluding carboxylic acids is 3. The van der Waals surface area contributed by atoms with Crippen LogP contribution in [0.25, 0.3) is 0 Å². The van der Waals surface area contributed by atoms with Crippen molar-refractivity contribution >= 4 is 17.8 Å². The molecule has 0 spiro atoms. The third kappa shape index (κ3) is 6.99. The maximum atomic E-state index is 12.0. The lowest BCUT2D eigenvalue weighted by molar-refractivity contribution is -0.150. The molecule has 132 valence electrons. The topological polar surface area (TPSA) is 87.7 Å². The van der Waals surface area contributed by atoms with Gasteiger partial charge in [-0.05, 0) is 19.3 Å². The van der Waals surface area contributed by atoms with Gasteiger partial charge in [-0.15, -0.1) is 0 Å². The SMILES string of the molecule is CCC(C)NC(=O)CN1CCNC(=O)C1CC(=O)OCC(C)C.